The summed E-state index contributed by atoms with van der Waals surface area (Å²) in [5.41, 5.74) is 5.99. The third-order valence-electron chi connectivity index (χ3n) is 7.02. The van der Waals surface area contributed by atoms with E-state index in [2.05, 4.69) is 40.0 Å². The Morgan fingerprint density at radius 3 is 2.56 bits per heavy atom. The van der Waals surface area contributed by atoms with Crippen LogP contribution in [-0.2, 0) is 17.8 Å². The molecule has 0 unspecified atom stereocenters. The lowest BCUT2D eigenvalue weighted by Gasteiger charge is -2.46. The number of anilines is 2. The smallest absolute Gasteiger partial charge is 0.257 e. The van der Waals surface area contributed by atoms with Crippen LogP contribution >= 0.6 is 0 Å². The van der Waals surface area contributed by atoms with E-state index in [1.54, 1.807) is 0 Å². The molecular formula is C28H26N4O2. The van der Waals surface area contributed by atoms with Crippen LogP contribution in [0.2, 0.25) is 0 Å². The van der Waals surface area contributed by atoms with Crippen molar-refractivity contribution < 1.29 is 9.59 Å². The number of carbonyl (C=O) groups excluding carboxylic acids is 2. The number of carbonyl (C=O) groups is 2. The van der Waals surface area contributed by atoms with Crippen LogP contribution in [0, 0.1) is 0 Å². The first-order chi connectivity index (χ1) is 16.6. The van der Waals surface area contributed by atoms with E-state index in [9.17, 15) is 9.59 Å². The van der Waals surface area contributed by atoms with Gasteiger partial charge in [-0.05, 0) is 42.3 Å². The van der Waals surface area contributed by atoms with Crippen LogP contribution in [0.4, 0.5) is 11.4 Å². The molecule has 0 bridgehead atoms. The molecule has 0 spiro atoms. The van der Waals surface area contributed by atoms with E-state index in [1.807, 2.05) is 65.6 Å². The second-order valence-electron chi connectivity index (χ2n) is 8.95. The summed E-state index contributed by atoms with van der Waals surface area (Å²) in [6, 6.07) is 25.7. The highest BCUT2D eigenvalue weighted by atomic mass is 16.2. The Balaban J connectivity index is 1.40. The number of aromatic nitrogens is 1. The topological polar surface area (TPSA) is 57.6 Å². The van der Waals surface area contributed by atoms with E-state index in [1.165, 1.54) is 10.9 Å². The number of aryl methyl sites for hydroxylation is 1. The van der Waals surface area contributed by atoms with Crippen molar-refractivity contribution in [3.05, 3.63) is 95.7 Å². The molecule has 3 heterocycles. The highest BCUT2D eigenvalue weighted by Crippen LogP contribution is 2.44. The van der Waals surface area contributed by atoms with Gasteiger partial charge in [-0.15, -0.1) is 0 Å². The molecule has 4 aromatic rings. The average molecular weight is 451 g/mol. The molecule has 2 aliphatic rings. The van der Waals surface area contributed by atoms with Gasteiger partial charge in [0.2, 0.25) is 5.91 Å². The van der Waals surface area contributed by atoms with E-state index in [4.69, 9.17) is 0 Å². The first-order valence-corrected chi connectivity index (χ1v) is 11.7. The summed E-state index contributed by atoms with van der Waals surface area (Å²) in [5, 5.41) is 4.20. The van der Waals surface area contributed by atoms with E-state index in [-0.39, 0.29) is 18.0 Å². The number of nitrogens with zero attached hydrogens (tertiary/aromatic N) is 3. The first kappa shape index (κ1) is 20.5. The average Bonchev–Trinajstić information content (AvgIpc) is 3.20. The highest BCUT2D eigenvalue weighted by molar-refractivity contribution is 6.02. The SMILES string of the molecule is CN1c2ccccc2C(=O)N2CCc3c(n(CCC(=O)Nc4ccccc4)c4ccccc34)[C@@H]21. The molecule has 0 saturated heterocycles. The van der Waals surface area contributed by atoms with Gasteiger partial charge in [0.1, 0.15) is 6.17 Å². The lowest BCUT2D eigenvalue weighted by molar-refractivity contribution is -0.116. The minimum atomic E-state index is -0.198. The van der Waals surface area contributed by atoms with Gasteiger partial charge >= 0.3 is 0 Å². The van der Waals surface area contributed by atoms with Gasteiger partial charge in [0, 0.05) is 43.1 Å². The van der Waals surface area contributed by atoms with Gasteiger partial charge in [-0.1, -0.05) is 48.5 Å². The molecule has 0 aliphatic carbocycles. The van der Waals surface area contributed by atoms with E-state index >= 15 is 0 Å². The molecule has 2 aliphatic heterocycles. The molecule has 6 heteroatoms. The van der Waals surface area contributed by atoms with Crippen molar-refractivity contribution in [2.24, 2.45) is 0 Å². The fourth-order valence-corrected chi connectivity index (χ4v) is 5.51. The minimum Gasteiger partial charge on any atom is -0.349 e. The molecular weight excluding hydrogens is 424 g/mol. The number of benzene rings is 3. The Morgan fingerprint density at radius 1 is 0.971 bits per heavy atom. The largest absolute Gasteiger partial charge is 0.349 e. The second kappa shape index (κ2) is 8.06. The summed E-state index contributed by atoms with van der Waals surface area (Å²) in [5.74, 6) is 0.0480. The lowest BCUT2D eigenvalue weighted by Crippen LogP contribution is -2.51. The minimum absolute atomic E-state index is 0.0242. The predicted octanol–water partition coefficient (Wildman–Crippen LogP) is 4.82. The maximum Gasteiger partial charge on any atom is 0.257 e. The van der Waals surface area contributed by atoms with Crippen molar-refractivity contribution in [1.29, 1.82) is 0 Å². The van der Waals surface area contributed by atoms with Gasteiger partial charge in [-0.3, -0.25) is 9.59 Å². The van der Waals surface area contributed by atoms with Gasteiger partial charge in [0.05, 0.1) is 16.9 Å². The zero-order valence-electron chi connectivity index (χ0n) is 19.1. The molecule has 0 fully saturated rings. The van der Waals surface area contributed by atoms with E-state index in [0.717, 1.165) is 34.6 Å². The number of amides is 2. The fourth-order valence-electron chi connectivity index (χ4n) is 5.51. The number of hydrogen-bond acceptors (Lipinski definition) is 3. The molecule has 0 saturated carbocycles. The number of para-hydroxylation sites is 3. The van der Waals surface area contributed by atoms with Crippen molar-refractivity contribution in [3.8, 4) is 0 Å². The highest BCUT2D eigenvalue weighted by Gasteiger charge is 2.42. The number of hydrogen-bond donors (Lipinski definition) is 1. The summed E-state index contributed by atoms with van der Waals surface area (Å²) in [6.45, 7) is 1.22. The van der Waals surface area contributed by atoms with Crippen LogP contribution in [-0.4, -0.2) is 34.9 Å². The fraction of sp³-hybridized carbons (Fsp3) is 0.214. The lowest BCUT2D eigenvalue weighted by atomic mass is 9.96. The van der Waals surface area contributed by atoms with Gasteiger partial charge in [0.15, 0.2) is 0 Å². The van der Waals surface area contributed by atoms with Crippen LogP contribution in [0.25, 0.3) is 10.9 Å². The normalized spacial score (nSPS) is 16.7. The molecule has 1 aromatic heterocycles. The Kier molecular flexibility index (Phi) is 4.87. The molecule has 0 radical (unpaired) electrons. The Hall–Kier alpha value is -4.06. The number of rotatable bonds is 4. The van der Waals surface area contributed by atoms with Gasteiger partial charge < -0.3 is 19.7 Å². The zero-order valence-corrected chi connectivity index (χ0v) is 19.1. The number of fused-ring (bicyclic) bond motifs is 6. The molecule has 170 valence electrons. The summed E-state index contributed by atoms with van der Waals surface area (Å²) < 4.78 is 2.25. The third kappa shape index (κ3) is 3.17. The summed E-state index contributed by atoms with van der Waals surface area (Å²) in [6.07, 6.45) is 0.953. The molecule has 1 N–H and O–H groups in total. The quantitative estimate of drug-likeness (QED) is 0.485. The van der Waals surface area contributed by atoms with Crippen LogP contribution in [0.3, 0.4) is 0 Å². The van der Waals surface area contributed by atoms with Crippen LogP contribution in [0.1, 0.15) is 34.2 Å². The molecule has 1 atom stereocenters. The number of nitrogens with one attached hydrogen (secondary N) is 1. The summed E-state index contributed by atoms with van der Waals surface area (Å²) in [7, 11) is 2.06. The van der Waals surface area contributed by atoms with Crippen molar-refractivity contribution in [2.45, 2.75) is 25.6 Å². The monoisotopic (exact) mass is 450 g/mol. The van der Waals surface area contributed by atoms with Crippen LogP contribution in [0.5, 0.6) is 0 Å². The molecule has 3 aromatic carbocycles. The molecule has 6 nitrogen and oxygen atoms in total. The van der Waals surface area contributed by atoms with E-state index < -0.39 is 0 Å². The maximum absolute atomic E-state index is 13.4. The molecule has 2 amide bonds. The van der Waals surface area contributed by atoms with Crippen molar-refractivity contribution in [2.75, 3.05) is 23.8 Å². The Labute approximate surface area is 198 Å². The van der Waals surface area contributed by atoms with Crippen molar-refractivity contribution >= 4 is 34.1 Å². The predicted molar refractivity (Wildman–Crippen MR) is 134 cm³/mol. The van der Waals surface area contributed by atoms with Crippen LogP contribution in [0.15, 0.2) is 78.9 Å². The van der Waals surface area contributed by atoms with Gasteiger partial charge in [-0.25, -0.2) is 0 Å². The zero-order chi connectivity index (χ0) is 23.2. The Bertz CT molecular complexity index is 1410. The van der Waals surface area contributed by atoms with Gasteiger partial charge in [-0.2, -0.15) is 0 Å². The molecule has 6 rings (SSSR count). The first-order valence-electron chi connectivity index (χ1n) is 11.7. The Morgan fingerprint density at radius 2 is 1.71 bits per heavy atom. The molecule has 34 heavy (non-hydrogen) atoms. The summed E-state index contributed by atoms with van der Waals surface area (Å²) >= 11 is 0. The standard InChI is InChI=1S/C28H26N4O2/c1-30-23-13-7-6-12-22(23)28(34)32-17-15-21-20-11-5-8-14-24(20)31(26(21)27(30)32)18-16-25(33)29-19-9-3-2-4-10-19/h2-14,27H,15-18H2,1H3,(H,29,33)/t27-/m1/s1. The van der Waals surface area contributed by atoms with Crippen molar-refractivity contribution in [3.63, 3.8) is 0 Å². The second-order valence-corrected chi connectivity index (χ2v) is 8.95. The van der Waals surface area contributed by atoms with Gasteiger partial charge in [0.25, 0.3) is 5.91 Å². The van der Waals surface area contributed by atoms with Crippen LogP contribution < -0.4 is 10.2 Å². The maximum atomic E-state index is 13.4. The summed E-state index contributed by atoms with van der Waals surface area (Å²) in [4.78, 5) is 30.4. The van der Waals surface area contributed by atoms with Crippen molar-refractivity contribution in [1.82, 2.24) is 9.47 Å². The van der Waals surface area contributed by atoms with E-state index in [0.29, 0.717) is 19.5 Å². The third-order valence-corrected chi connectivity index (χ3v) is 7.02.